The van der Waals surface area contributed by atoms with E-state index in [0.717, 1.165) is 27.0 Å². The Bertz CT molecular complexity index is 808. The van der Waals surface area contributed by atoms with Crippen LogP contribution in [0, 0.1) is 0 Å². The summed E-state index contributed by atoms with van der Waals surface area (Å²) in [5, 5.41) is 2.97. The molecule has 144 valence electrons. The van der Waals surface area contributed by atoms with Gasteiger partial charge in [0.15, 0.2) is 0 Å². The van der Waals surface area contributed by atoms with Gasteiger partial charge in [-0.2, -0.15) is 0 Å². The van der Waals surface area contributed by atoms with Crippen molar-refractivity contribution in [3.8, 4) is 5.75 Å². The van der Waals surface area contributed by atoms with Gasteiger partial charge in [0.1, 0.15) is 5.75 Å². The van der Waals surface area contributed by atoms with E-state index in [1.54, 1.807) is 18.9 Å². The number of halogens is 1. The van der Waals surface area contributed by atoms with Crippen LogP contribution in [-0.4, -0.2) is 30.4 Å². The standard InChI is InChI=1S/C21H25BrN2O3/c1-4-24(15(2)25)14-17-7-5-6-8-19(17)23-21(26)12-10-16-9-11-20(27-3)18(22)13-16/h5-9,11,13H,4,10,12,14H2,1-3H3,(H,23,26). The second-order valence-electron chi connectivity index (χ2n) is 6.21. The molecule has 0 aliphatic rings. The fourth-order valence-corrected chi connectivity index (χ4v) is 3.36. The highest BCUT2D eigenvalue weighted by Gasteiger charge is 2.12. The Kier molecular flexibility index (Phi) is 7.85. The fourth-order valence-electron chi connectivity index (χ4n) is 2.77. The van der Waals surface area contributed by atoms with E-state index in [-0.39, 0.29) is 11.8 Å². The van der Waals surface area contributed by atoms with E-state index in [1.807, 2.05) is 49.4 Å². The van der Waals surface area contributed by atoms with E-state index in [2.05, 4.69) is 21.2 Å². The smallest absolute Gasteiger partial charge is 0.224 e. The molecule has 1 N–H and O–H groups in total. The number of rotatable bonds is 8. The number of ether oxygens (including phenoxy) is 1. The lowest BCUT2D eigenvalue weighted by Crippen LogP contribution is -2.28. The highest BCUT2D eigenvalue weighted by molar-refractivity contribution is 9.10. The highest BCUT2D eigenvalue weighted by Crippen LogP contribution is 2.26. The Balaban J connectivity index is 1.99. The lowest BCUT2D eigenvalue weighted by Gasteiger charge is -2.21. The molecule has 0 fully saturated rings. The molecule has 2 rings (SSSR count). The van der Waals surface area contributed by atoms with Crippen molar-refractivity contribution in [3.63, 3.8) is 0 Å². The minimum absolute atomic E-state index is 0.0173. The van der Waals surface area contributed by atoms with Crippen molar-refractivity contribution in [2.24, 2.45) is 0 Å². The minimum atomic E-state index is -0.0553. The Labute approximate surface area is 168 Å². The number of para-hydroxylation sites is 1. The largest absolute Gasteiger partial charge is 0.496 e. The maximum Gasteiger partial charge on any atom is 0.224 e. The summed E-state index contributed by atoms with van der Waals surface area (Å²) in [6.07, 6.45) is 1.00. The normalized spacial score (nSPS) is 10.4. The van der Waals surface area contributed by atoms with Crippen molar-refractivity contribution in [3.05, 3.63) is 58.1 Å². The predicted octanol–water partition coefficient (Wildman–Crippen LogP) is 4.40. The second kappa shape index (κ2) is 10.1. The molecular formula is C21H25BrN2O3. The van der Waals surface area contributed by atoms with Crippen LogP contribution in [0.15, 0.2) is 46.9 Å². The lowest BCUT2D eigenvalue weighted by atomic mass is 10.1. The molecule has 0 bridgehead atoms. The van der Waals surface area contributed by atoms with E-state index in [9.17, 15) is 9.59 Å². The predicted molar refractivity (Wildman–Crippen MR) is 111 cm³/mol. The van der Waals surface area contributed by atoms with Crippen LogP contribution in [0.5, 0.6) is 5.75 Å². The first-order chi connectivity index (χ1) is 12.9. The average molecular weight is 433 g/mol. The van der Waals surface area contributed by atoms with Gasteiger partial charge in [0, 0.05) is 32.1 Å². The van der Waals surface area contributed by atoms with E-state index >= 15 is 0 Å². The minimum Gasteiger partial charge on any atom is -0.496 e. The molecule has 0 saturated carbocycles. The molecule has 2 aromatic carbocycles. The van der Waals surface area contributed by atoms with Crippen molar-refractivity contribution in [1.29, 1.82) is 0 Å². The summed E-state index contributed by atoms with van der Waals surface area (Å²) in [6.45, 7) is 4.60. The number of nitrogens with zero attached hydrogens (tertiary/aromatic N) is 1. The number of benzene rings is 2. The maximum absolute atomic E-state index is 12.4. The summed E-state index contributed by atoms with van der Waals surface area (Å²) in [5.74, 6) is 0.729. The van der Waals surface area contributed by atoms with Gasteiger partial charge in [-0.15, -0.1) is 0 Å². The Hall–Kier alpha value is -2.34. The lowest BCUT2D eigenvalue weighted by molar-refractivity contribution is -0.129. The first kappa shape index (κ1) is 21.0. The van der Waals surface area contributed by atoms with Crippen molar-refractivity contribution in [1.82, 2.24) is 4.90 Å². The second-order valence-corrected chi connectivity index (χ2v) is 7.06. The third-order valence-corrected chi connectivity index (χ3v) is 4.96. The molecule has 0 spiro atoms. The summed E-state index contributed by atoms with van der Waals surface area (Å²) in [5.41, 5.74) is 2.73. The Morgan fingerprint density at radius 3 is 2.56 bits per heavy atom. The van der Waals surface area contributed by atoms with Gasteiger partial charge < -0.3 is 15.0 Å². The third kappa shape index (κ3) is 6.10. The third-order valence-electron chi connectivity index (χ3n) is 4.34. The van der Waals surface area contributed by atoms with E-state index in [1.165, 1.54) is 0 Å². The number of carbonyl (C=O) groups excluding carboxylic acids is 2. The number of amides is 2. The van der Waals surface area contributed by atoms with Crippen molar-refractivity contribution >= 4 is 33.4 Å². The zero-order valence-corrected chi connectivity index (χ0v) is 17.5. The number of nitrogens with one attached hydrogen (secondary N) is 1. The molecule has 2 aromatic rings. The molecule has 0 heterocycles. The number of carbonyl (C=O) groups is 2. The van der Waals surface area contributed by atoms with E-state index < -0.39 is 0 Å². The first-order valence-electron chi connectivity index (χ1n) is 8.90. The molecule has 27 heavy (non-hydrogen) atoms. The van der Waals surface area contributed by atoms with Crippen LogP contribution in [0.3, 0.4) is 0 Å². The molecule has 5 nitrogen and oxygen atoms in total. The van der Waals surface area contributed by atoms with Gasteiger partial charge in [0.25, 0.3) is 0 Å². The number of hydrogen-bond donors (Lipinski definition) is 1. The van der Waals surface area contributed by atoms with Crippen LogP contribution < -0.4 is 10.1 Å². The zero-order chi connectivity index (χ0) is 19.8. The van der Waals surface area contributed by atoms with E-state index in [0.29, 0.717) is 25.9 Å². The summed E-state index contributed by atoms with van der Waals surface area (Å²) in [6, 6.07) is 13.4. The van der Waals surface area contributed by atoms with Gasteiger partial charge in [-0.1, -0.05) is 24.3 Å². The summed E-state index contributed by atoms with van der Waals surface area (Å²) >= 11 is 3.46. The maximum atomic E-state index is 12.4. The number of methoxy groups -OCH3 is 1. The van der Waals surface area contributed by atoms with Crippen molar-refractivity contribution in [2.45, 2.75) is 33.2 Å². The monoisotopic (exact) mass is 432 g/mol. The molecule has 6 heteroatoms. The summed E-state index contributed by atoms with van der Waals surface area (Å²) < 4.78 is 6.09. The van der Waals surface area contributed by atoms with E-state index in [4.69, 9.17) is 4.74 Å². The number of anilines is 1. The quantitative estimate of drug-likeness (QED) is 0.672. The van der Waals surface area contributed by atoms with Gasteiger partial charge in [-0.25, -0.2) is 0 Å². The van der Waals surface area contributed by atoms with Gasteiger partial charge in [0.05, 0.1) is 11.6 Å². The summed E-state index contributed by atoms with van der Waals surface area (Å²) in [4.78, 5) is 25.8. The molecule has 0 unspecified atom stereocenters. The van der Waals surface area contributed by atoms with Crippen molar-refractivity contribution < 1.29 is 14.3 Å². The Morgan fingerprint density at radius 1 is 1.19 bits per heavy atom. The first-order valence-corrected chi connectivity index (χ1v) is 9.69. The van der Waals surface area contributed by atoms with Gasteiger partial charge >= 0.3 is 0 Å². The van der Waals surface area contributed by atoms with Gasteiger partial charge in [-0.3, -0.25) is 9.59 Å². The zero-order valence-electron chi connectivity index (χ0n) is 15.9. The molecule has 0 aliphatic carbocycles. The molecular weight excluding hydrogens is 408 g/mol. The van der Waals surface area contributed by atoms with Crippen LogP contribution in [-0.2, 0) is 22.6 Å². The molecule has 0 radical (unpaired) electrons. The highest BCUT2D eigenvalue weighted by atomic mass is 79.9. The molecule has 2 amide bonds. The summed E-state index contributed by atoms with van der Waals surface area (Å²) in [7, 11) is 1.62. The molecule has 0 atom stereocenters. The van der Waals surface area contributed by atoms with Crippen LogP contribution in [0.2, 0.25) is 0 Å². The van der Waals surface area contributed by atoms with Crippen LogP contribution in [0.25, 0.3) is 0 Å². The van der Waals surface area contributed by atoms with Gasteiger partial charge in [0.2, 0.25) is 11.8 Å². The topological polar surface area (TPSA) is 58.6 Å². The molecule has 0 aromatic heterocycles. The molecule has 0 saturated heterocycles. The van der Waals surface area contributed by atoms with Gasteiger partial charge in [-0.05, 0) is 58.6 Å². The van der Waals surface area contributed by atoms with Crippen molar-refractivity contribution in [2.75, 3.05) is 19.0 Å². The average Bonchev–Trinajstić information content (AvgIpc) is 2.65. The number of aryl methyl sites for hydroxylation is 1. The Morgan fingerprint density at radius 2 is 1.93 bits per heavy atom. The number of hydrogen-bond acceptors (Lipinski definition) is 3. The molecule has 0 aliphatic heterocycles. The van der Waals surface area contributed by atoms with Crippen LogP contribution in [0.1, 0.15) is 31.4 Å². The fraction of sp³-hybridized carbons (Fsp3) is 0.333. The van der Waals surface area contributed by atoms with Crippen LogP contribution >= 0.6 is 15.9 Å². The van der Waals surface area contributed by atoms with Crippen LogP contribution in [0.4, 0.5) is 5.69 Å². The SMILES string of the molecule is CCN(Cc1ccccc1NC(=O)CCc1ccc(OC)c(Br)c1)C(C)=O.